The monoisotopic (exact) mass is 562 g/mol. The van der Waals surface area contributed by atoms with Crippen molar-refractivity contribution in [1.29, 1.82) is 0 Å². The number of methoxy groups -OCH3 is 3. The molecule has 5 rings (SSSR count). The zero-order chi connectivity index (χ0) is 29.3. The van der Waals surface area contributed by atoms with E-state index in [0.717, 1.165) is 23.8 Å². The first-order chi connectivity index (χ1) is 19.6. The summed E-state index contributed by atoms with van der Waals surface area (Å²) < 4.78 is 24.0. The zero-order valence-corrected chi connectivity index (χ0v) is 24.7. The number of piperidine rings is 1. The van der Waals surface area contributed by atoms with Gasteiger partial charge in [0.2, 0.25) is 5.95 Å². The van der Waals surface area contributed by atoms with Gasteiger partial charge in [-0.3, -0.25) is 0 Å². The van der Waals surface area contributed by atoms with Crippen LogP contribution in [0.2, 0.25) is 0 Å². The molecule has 1 saturated heterocycles. The number of benzene rings is 2. The molecule has 1 aliphatic heterocycles. The molecule has 2 unspecified atom stereocenters. The summed E-state index contributed by atoms with van der Waals surface area (Å²) in [5, 5.41) is 9.17. The maximum atomic E-state index is 13.0. The number of carbonyl (C=O) groups is 1. The van der Waals surface area contributed by atoms with Crippen molar-refractivity contribution in [2.24, 2.45) is 0 Å². The van der Waals surface area contributed by atoms with Gasteiger partial charge < -0.3 is 29.2 Å². The van der Waals surface area contributed by atoms with Gasteiger partial charge in [0.1, 0.15) is 28.4 Å². The van der Waals surface area contributed by atoms with Crippen molar-refractivity contribution in [3.05, 3.63) is 47.8 Å². The number of carbonyl (C=O) groups excluding carboxylic acids is 1. The number of ether oxygens (including phenoxy) is 4. The minimum Gasteiger partial charge on any atom is -0.497 e. The lowest BCUT2D eigenvalue weighted by Gasteiger charge is -2.37. The van der Waals surface area contributed by atoms with Crippen molar-refractivity contribution in [2.45, 2.75) is 64.6 Å². The van der Waals surface area contributed by atoms with Crippen LogP contribution in [-0.2, 0) is 11.3 Å². The number of aromatic nitrogens is 4. The van der Waals surface area contributed by atoms with Gasteiger partial charge in [-0.2, -0.15) is 4.52 Å². The minimum atomic E-state index is -0.568. The van der Waals surface area contributed by atoms with Crippen LogP contribution in [0.5, 0.6) is 17.2 Å². The Hall–Kier alpha value is -4.28. The quantitative estimate of drug-likeness (QED) is 0.316. The number of rotatable bonds is 7. The molecule has 4 aromatic rings. The average molecular weight is 563 g/mol. The maximum Gasteiger partial charge on any atom is 0.410 e. The molecule has 0 radical (unpaired) electrons. The number of likely N-dealkylation sites (tertiary alicyclic amines) is 1. The summed E-state index contributed by atoms with van der Waals surface area (Å²) >= 11 is 0. The van der Waals surface area contributed by atoms with Crippen LogP contribution in [-0.4, -0.2) is 70.1 Å². The molecule has 0 aliphatic carbocycles. The van der Waals surface area contributed by atoms with E-state index in [0.29, 0.717) is 53.3 Å². The Bertz CT molecular complexity index is 1560. The predicted molar refractivity (Wildman–Crippen MR) is 156 cm³/mol. The highest BCUT2D eigenvalue weighted by Gasteiger charge is 2.34. The Balaban J connectivity index is 1.52. The van der Waals surface area contributed by atoms with Gasteiger partial charge in [0.05, 0.1) is 21.3 Å². The highest BCUT2D eigenvalue weighted by molar-refractivity contribution is 5.96. The van der Waals surface area contributed by atoms with Gasteiger partial charge in [0.25, 0.3) is 0 Å². The van der Waals surface area contributed by atoms with Crippen molar-refractivity contribution in [3.8, 4) is 17.2 Å². The third kappa shape index (κ3) is 5.79. The number of nitrogens with one attached hydrogen (secondary N) is 1. The summed E-state index contributed by atoms with van der Waals surface area (Å²) in [5.41, 5.74) is 1.70. The molecule has 2 aromatic carbocycles. The molecule has 0 saturated carbocycles. The van der Waals surface area contributed by atoms with E-state index in [-0.39, 0.29) is 18.1 Å². The largest absolute Gasteiger partial charge is 0.497 e. The van der Waals surface area contributed by atoms with Crippen LogP contribution in [0.3, 0.4) is 0 Å². The summed E-state index contributed by atoms with van der Waals surface area (Å²) in [7, 11) is 4.88. The third-order valence-corrected chi connectivity index (χ3v) is 7.31. The van der Waals surface area contributed by atoms with Crippen LogP contribution in [0.25, 0.3) is 16.6 Å². The van der Waals surface area contributed by atoms with Crippen molar-refractivity contribution in [2.75, 3.05) is 33.2 Å². The lowest BCUT2D eigenvalue weighted by molar-refractivity contribution is 0.00938. The number of fused-ring (bicyclic) bond motifs is 3. The highest BCUT2D eigenvalue weighted by atomic mass is 16.6. The Morgan fingerprint density at radius 1 is 1.02 bits per heavy atom. The van der Waals surface area contributed by atoms with E-state index in [9.17, 15) is 4.79 Å². The maximum absolute atomic E-state index is 13.0. The summed E-state index contributed by atoms with van der Waals surface area (Å²) in [5.74, 6) is 3.18. The first-order valence-electron chi connectivity index (χ1n) is 13.8. The van der Waals surface area contributed by atoms with Crippen LogP contribution < -0.4 is 19.5 Å². The summed E-state index contributed by atoms with van der Waals surface area (Å²) in [6, 6.07) is 11.5. The molecular formula is C30H38N6O5. The Morgan fingerprint density at radius 2 is 1.80 bits per heavy atom. The second-order valence-corrected chi connectivity index (χ2v) is 11.3. The standard InChI is InChI=1S/C30H38N6O5/c1-18-11-12-20(17-35(18)29(37)41-30(2,3)4)26-33-27-22-9-8-10-23(39-6)25(22)32-28(36(27)34-26)31-16-19-13-14-21(38-5)15-24(19)40-7/h8-10,13-15,18,20H,11-12,16-17H2,1-7H3,(H,31,32). The Kier molecular flexibility index (Phi) is 7.79. The SMILES string of the molecule is COc1ccc(CNc2nc3c(OC)cccc3c3nc(C4CCC(C)N(C(=O)OC(C)(C)C)C4)nn23)c(OC)c1. The fourth-order valence-corrected chi connectivity index (χ4v) is 5.14. The van der Waals surface area contributed by atoms with Gasteiger partial charge >= 0.3 is 6.09 Å². The first kappa shape index (κ1) is 28.3. The smallest absolute Gasteiger partial charge is 0.410 e. The summed E-state index contributed by atoms with van der Waals surface area (Å²) in [4.78, 5) is 24.7. The van der Waals surface area contributed by atoms with E-state index < -0.39 is 5.60 Å². The molecule has 11 heteroatoms. The van der Waals surface area contributed by atoms with Crippen LogP contribution >= 0.6 is 0 Å². The Morgan fingerprint density at radius 3 is 2.51 bits per heavy atom. The normalized spacial score (nSPS) is 17.5. The van der Waals surface area contributed by atoms with Gasteiger partial charge in [-0.25, -0.2) is 14.8 Å². The topological polar surface area (TPSA) is 112 Å². The fraction of sp³-hybridized carbons (Fsp3) is 0.467. The van der Waals surface area contributed by atoms with Crippen LogP contribution in [0, 0.1) is 0 Å². The van der Waals surface area contributed by atoms with Gasteiger partial charge in [-0.05, 0) is 64.8 Å². The van der Waals surface area contributed by atoms with Gasteiger partial charge in [-0.1, -0.05) is 6.07 Å². The van der Waals surface area contributed by atoms with Crippen LogP contribution in [0.1, 0.15) is 57.8 Å². The zero-order valence-electron chi connectivity index (χ0n) is 24.7. The molecule has 1 fully saturated rings. The number of anilines is 1. The van der Waals surface area contributed by atoms with E-state index in [2.05, 4.69) is 12.2 Å². The van der Waals surface area contributed by atoms with Gasteiger partial charge in [-0.15, -0.1) is 5.10 Å². The summed E-state index contributed by atoms with van der Waals surface area (Å²) in [6.45, 7) is 8.59. The molecule has 3 heterocycles. The lowest BCUT2D eigenvalue weighted by atomic mass is 9.93. The highest BCUT2D eigenvalue weighted by Crippen LogP contribution is 2.33. The van der Waals surface area contributed by atoms with Gasteiger partial charge in [0, 0.05) is 42.1 Å². The van der Waals surface area contributed by atoms with E-state index in [1.807, 2.05) is 57.2 Å². The lowest BCUT2D eigenvalue weighted by Crippen LogP contribution is -2.47. The first-order valence-corrected chi connectivity index (χ1v) is 13.8. The summed E-state index contributed by atoms with van der Waals surface area (Å²) in [6.07, 6.45) is 1.37. The van der Waals surface area contributed by atoms with E-state index in [4.69, 9.17) is 34.0 Å². The van der Waals surface area contributed by atoms with Crippen molar-refractivity contribution >= 4 is 28.6 Å². The van der Waals surface area contributed by atoms with Crippen LogP contribution in [0.4, 0.5) is 10.7 Å². The molecule has 41 heavy (non-hydrogen) atoms. The predicted octanol–water partition coefficient (Wildman–Crippen LogP) is 5.42. The molecule has 1 aliphatic rings. The molecule has 2 aromatic heterocycles. The minimum absolute atomic E-state index is 0.0474. The molecule has 11 nitrogen and oxygen atoms in total. The molecule has 1 N–H and O–H groups in total. The number of para-hydroxylation sites is 1. The molecule has 1 amide bonds. The van der Waals surface area contributed by atoms with Gasteiger partial charge in [0.15, 0.2) is 11.5 Å². The number of nitrogens with zero attached hydrogens (tertiary/aromatic N) is 5. The third-order valence-electron chi connectivity index (χ3n) is 7.31. The second-order valence-electron chi connectivity index (χ2n) is 11.3. The van der Waals surface area contributed by atoms with Crippen molar-refractivity contribution in [1.82, 2.24) is 24.5 Å². The van der Waals surface area contributed by atoms with Crippen molar-refractivity contribution in [3.63, 3.8) is 0 Å². The van der Waals surface area contributed by atoms with Crippen molar-refractivity contribution < 1.29 is 23.7 Å². The van der Waals surface area contributed by atoms with E-state index in [1.54, 1.807) is 30.7 Å². The molecule has 2 atom stereocenters. The second kappa shape index (κ2) is 11.3. The van der Waals surface area contributed by atoms with E-state index >= 15 is 0 Å². The number of amides is 1. The Labute approximate surface area is 239 Å². The molecule has 0 bridgehead atoms. The average Bonchev–Trinajstić information content (AvgIpc) is 3.41. The number of hydrogen-bond donors (Lipinski definition) is 1. The molecule has 0 spiro atoms. The van der Waals surface area contributed by atoms with E-state index in [1.165, 1.54) is 0 Å². The molecule has 218 valence electrons. The van der Waals surface area contributed by atoms with Crippen LogP contribution in [0.15, 0.2) is 36.4 Å². The number of hydrogen-bond acceptors (Lipinski definition) is 9. The fourth-order valence-electron chi connectivity index (χ4n) is 5.14. The molecular weight excluding hydrogens is 524 g/mol.